The summed E-state index contributed by atoms with van der Waals surface area (Å²) in [5, 5.41) is 31.0. The molecule has 3 rings (SSSR count). The lowest BCUT2D eigenvalue weighted by molar-refractivity contribution is 0.102. The second-order valence-corrected chi connectivity index (χ2v) is 5.93. The molecule has 0 fully saturated rings. The number of phenols is 2. The van der Waals surface area contributed by atoms with Crippen molar-refractivity contribution < 1.29 is 19.7 Å². The molecule has 3 aromatic rings. The maximum atomic E-state index is 12.2. The van der Waals surface area contributed by atoms with E-state index in [0.29, 0.717) is 10.9 Å². The molecule has 128 valence electrons. The first-order valence-electron chi connectivity index (χ1n) is 7.19. The Labute approximate surface area is 147 Å². The summed E-state index contributed by atoms with van der Waals surface area (Å²) >= 11 is 1.15. The zero-order valence-corrected chi connectivity index (χ0v) is 14.0. The van der Waals surface area contributed by atoms with Crippen molar-refractivity contribution in [2.75, 3.05) is 12.9 Å². The van der Waals surface area contributed by atoms with Gasteiger partial charge in [-0.15, -0.1) is 5.10 Å². The number of ether oxygens (including phenoxy) is 1. The molecule has 0 unspecified atom stereocenters. The molecule has 0 atom stereocenters. The molecule has 0 radical (unpaired) electrons. The lowest BCUT2D eigenvalue weighted by Gasteiger charge is -2.06. The van der Waals surface area contributed by atoms with Crippen LogP contribution in [0.3, 0.4) is 0 Å². The zero-order chi connectivity index (χ0) is 17.8. The van der Waals surface area contributed by atoms with E-state index in [9.17, 15) is 15.0 Å². The quantitative estimate of drug-likeness (QED) is 0.509. The summed E-state index contributed by atoms with van der Waals surface area (Å²) in [4.78, 5) is 12.2. The first-order chi connectivity index (χ1) is 12.1. The number of nitrogens with zero attached hydrogens (tertiary/aromatic N) is 4. The van der Waals surface area contributed by atoms with Crippen LogP contribution in [0, 0.1) is 0 Å². The summed E-state index contributed by atoms with van der Waals surface area (Å²) in [6.07, 6.45) is 0. The highest BCUT2D eigenvalue weighted by Crippen LogP contribution is 2.26. The third-order valence-corrected chi connectivity index (χ3v) is 4.29. The Morgan fingerprint density at radius 1 is 1.20 bits per heavy atom. The van der Waals surface area contributed by atoms with Gasteiger partial charge in [-0.25, -0.2) is 0 Å². The molecule has 9 heteroatoms. The van der Waals surface area contributed by atoms with E-state index in [2.05, 4.69) is 15.5 Å². The van der Waals surface area contributed by atoms with Crippen molar-refractivity contribution >= 4 is 17.5 Å². The molecule has 0 aliphatic rings. The van der Waals surface area contributed by atoms with Gasteiger partial charge < -0.3 is 14.9 Å². The molecule has 0 saturated heterocycles. The average molecular weight is 358 g/mol. The highest BCUT2D eigenvalue weighted by Gasteiger charge is 2.15. The van der Waals surface area contributed by atoms with E-state index < -0.39 is 0 Å². The van der Waals surface area contributed by atoms with Gasteiger partial charge in [-0.3, -0.25) is 4.79 Å². The minimum absolute atomic E-state index is 0.0366. The number of aromatic hydroxyl groups is 2. The third kappa shape index (κ3) is 3.72. The molecule has 0 spiro atoms. The standard InChI is InChI=1S/C16H14N4O4S/c1-24-12-5-2-10(3-6-12)20-16(17-18-19-20)25-9-15(23)13-7-4-11(21)8-14(13)22/h2-8,21-22H,9H2,1H3. The first-order valence-corrected chi connectivity index (χ1v) is 8.18. The fourth-order valence-corrected chi connectivity index (χ4v) is 2.89. The Morgan fingerprint density at radius 2 is 1.96 bits per heavy atom. The Morgan fingerprint density at radius 3 is 2.64 bits per heavy atom. The summed E-state index contributed by atoms with van der Waals surface area (Å²) in [7, 11) is 1.58. The summed E-state index contributed by atoms with van der Waals surface area (Å²) in [6.45, 7) is 0. The number of benzene rings is 2. The highest BCUT2D eigenvalue weighted by atomic mass is 32.2. The minimum atomic E-state index is -0.299. The first kappa shape index (κ1) is 16.8. The van der Waals surface area contributed by atoms with Gasteiger partial charge in [0.1, 0.15) is 17.2 Å². The number of hydrogen-bond acceptors (Lipinski definition) is 8. The Balaban J connectivity index is 1.73. The van der Waals surface area contributed by atoms with Gasteiger partial charge >= 0.3 is 0 Å². The van der Waals surface area contributed by atoms with Crippen LogP contribution in [0.2, 0.25) is 0 Å². The van der Waals surface area contributed by atoms with Crippen molar-refractivity contribution in [2.24, 2.45) is 0 Å². The fraction of sp³-hybridized carbons (Fsp3) is 0.125. The molecule has 1 aromatic heterocycles. The number of tetrazole rings is 1. The van der Waals surface area contributed by atoms with Crippen LogP contribution in [-0.4, -0.2) is 49.1 Å². The monoisotopic (exact) mass is 358 g/mol. The molecule has 0 aliphatic carbocycles. The molecule has 0 saturated carbocycles. The number of hydrogen-bond donors (Lipinski definition) is 2. The number of Topliss-reactive ketones (excluding diaryl/α,β-unsaturated/α-hetero) is 1. The lowest BCUT2D eigenvalue weighted by atomic mass is 10.1. The van der Waals surface area contributed by atoms with E-state index >= 15 is 0 Å². The van der Waals surface area contributed by atoms with Gasteiger partial charge in [0, 0.05) is 6.07 Å². The predicted molar refractivity (Wildman–Crippen MR) is 90.5 cm³/mol. The number of rotatable bonds is 6. The SMILES string of the molecule is COc1ccc(-n2nnnc2SCC(=O)c2ccc(O)cc2O)cc1. The average Bonchev–Trinajstić information content (AvgIpc) is 3.08. The van der Waals surface area contributed by atoms with Gasteiger partial charge in [0.25, 0.3) is 0 Å². The van der Waals surface area contributed by atoms with E-state index in [1.165, 1.54) is 16.8 Å². The van der Waals surface area contributed by atoms with Crippen molar-refractivity contribution in [1.29, 1.82) is 0 Å². The van der Waals surface area contributed by atoms with Crippen LogP contribution in [0.1, 0.15) is 10.4 Å². The van der Waals surface area contributed by atoms with Gasteiger partial charge in [-0.1, -0.05) is 11.8 Å². The maximum Gasteiger partial charge on any atom is 0.214 e. The van der Waals surface area contributed by atoms with E-state index in [4.69, 9.17) is 4.74 Å². The topological polar surface area (TPSA) is 110 Å². The molecular weight excluding hydrogens is 344 g/mol. The third-order valence-electron chi connectivity index (χ3n) is 3.37. The van der Waals surface area contributed by atoms with Crippen LogP contribution in [0.25, 0.3) is 5.69 Å². The number of phenolic OH excluding ortho intramolecular Hbond substituents is 2. The molecular formula is C16H14N4O4S. The van der Waals surface area contributed by atoms with Crippen LogP contribution in [-0.2, 0) is 0 Å². The smallest absolute Gasteiger partial charge is 0.214 e. The van der Waals surface area contributed by atoms with Crippen LogP contribution >= 0.6 is 11.8 Å². The van der Waals surface area contributed by atoms with Crippen LogP contribution in [0.4, 0.5) is 0 Å². The molecule has 0 bridgehead atoms. The normalized spacial score (nSPS) is 10.6. The van der Waals surface area contributed by atoms with Crippen molar-refractivity contribution in [1.82, 2.24) is 20.2 Å². The molecule has 1 heterocycles. The van der Waals surface area contributed by atoms with Crippen LogP contribution in [0.5, 0.6) is 17.2 Å². The van der Waals surface area contributed by atoms with Crippen molar-refractivity contribution in [3.05, 3.63) is 48.0 Å². The predicted octanol–water partition coefficient (Wildman–Crippen LogP) is 2.06. The second kappa shape index (κ2) is 7.22. The number of ketones is 1. The van der Waals surface area contributed by atoms with E-state index in [1.807, 2.05) is 0 Å². The van der Waals surface area contributed by atoms with Gasteiger partial charge in [-0.05, 0) is 46.8 Å². The van der Waals surface area contributed by atoms with Crippen LogP contribution < -0.4 is 4.74 Å². The Bertz CT molecular complexity index is 895. The largest absolute Gasteiger partial charge is 0.508 e. The molecule has 0 amide bonds. The van der Waals surface area contributed by atoms with Crippen LogP contribution in [0.15, 0.2) is 47.6 Å². The number of aromatic nitrogens is 4. The van der Waals surface area contributed by atoms with Crippen molar-refractivity contribution in [2.45, 2.75) is 5.16 Å². The zero-order valence-electron chi connectivity index (χ0n) is 13.2. The number of carbonyl (C=O) groups excluding carboxylic acids is 1. The minimum Gasteiger partial charge on any atom is -0.508 e. The Kier molecular flexibility index (Phi) is 4.85. The summed E-state index contributed by atoms with van der Waals surface area (Å²) < 4.78 is 6.62. The summed E-state index contributed by atoms with van der Waals surface area (Å²) in [5.74, 6) is 0.0794. The van der Waals surface area contributed by atoms with Crippen molar-refractivity contribution in [3.63, 3.8) is 0 Å². The van der Waals surface area contributed by atoms with Gasteiger partial charge in [0.05, 0.1) is 24.1 Å². The van der Waals surface area contributed by atoms with Gasteiger partial charge in [-0.2, -0.15) is 4.68 Å². The number of carbonyl (C=O) groups is 1. The molecule has 2 aromatic carbocycles. The van der Waals surface area contributed by atoms with Gasteiger partial charge in [0.15, 0.2) is 5.78 Å². The molecule has 2 N–H and O–H groups in total. The van der Waals surface area contributed by atoms with E-state index in [-0.39, 0.29) is 28.6 Å². The Hall–Kier alpha value is -3.07. The highest BCUT2D eigenvalue weighted by molar-refractivity contribution is 7.99. The summed E-state index contributed by atoms with van der Waals surface area (Å²) in [5.41, 5.74) is 0.863. The molecule has 8 nitrogen and oxygen atoms in total. The number of thioether (sulfide) groups is 1. The number of methoxy groups -OCH3 is 1. The van der Waals surface area contributed by atoms with Crippen molar-refractivity contribution in [3.8, 4) is 22.9 Å². The summed E-state index contributed by atoms with van der Waals surface area (Å²) in [6, 6.07) is 11.0. The fourth-order valence-electron chi connectivity index (χ4n) is 2.12. The lowest BCUT2D eigenvalue weighted by Crippen LogP contribution is -2.05. The van der Waals surface area contributed by atoms with Gasteiger partial charge in [0.2, 0.25) is 5.16 Å². The van der Waals surface area contributed by atoms with E-state index in [0.717, 1.165) is 23.5 Å². The molecule has 0 aliphatic heterocycles. The van der Waals surface area contributed by atoms with E-state index in [1.54, 1.807) is 31.4 Å². The second-order valence-electron chi connectivity index (χ2n) is 4.98. The molecule has 25 heavy (non-hydrogen) atoms. The maximum absolute atomic E-state index is 12.2.